The molecule has 1 aromatic rings. The average molecular weight is 405 g/mol. The SMILES string of the molecule is CCCCCCCCCC(CCCCC(=O)CCC)OC(=O)c1ccccc1O. The maximum absolute atomic E-state index is 12.5. The molecule has 0 fully saturated rings. The van der Waals surface area contributed by atoms with E-state index in [-0.39, 0.29) is 17.4 Å². The van der Waals surface area contributed by atoms with Gasteiger partial charge in [-0.25, -0.2) is 4.79 Å². The fourth-order valence-corrected chi connectivity index (χ4v) is 3.55. The number of hydrogen-bond donors (Lipinski definition) is 1. The number of aromatic hydroxyl groups is 1. The highest BCUT2D eigenvalue weighted by Crippen LogP contribution is 2.21. The van der Waals surface area contributed by atoms with Crippen LogP contribution in [-0.4, -0.2) is 23.0 Å². The Morgan fingerprint density at radius 2 is 1.45 bits per heavy atom. The van der Waals surface area contributed by atoms with Crippen molar-refractivity contribution in [3.63, 3.8) is 0 Å². The number of phenols is 1. The molecule has 0 spiro atoms. The van der Waals surface area contributed by atoms with Crippen LogP contribution in [0.3, 0.4) is 0 Å². The molecule has 0 heterocycles. The standard InChI is InChI=1S/C25H40O4/c1-3-5-6-7-8-9-10-17-22(18-12-11-16-21(26)15-4-2)29-25(28)23-19-13-14-20-24(23)27/h13-14,19-20,22,27H,3-12,15-18H2,1-2H3. The van der Waals surface area contributed by atoms with Crippen LogP contribution in [0, 0.1) is 0 Å². The Bertz CT molecular complexity index is 582. The van der Waals surface area contributed by atoms with E-state index < -0.39 is 5.97 Å². The first-order chi connectivity index (χ1) is 14.1. The van der Waals surface area contributed by atoms with Gasteiger partial charge in [0.1, 0.15) is 23.2 Å². The highest BCUT2D eigenvalue weighted by atomic mass is 16.5. The van der Waals surface area contributed by atoms with Gasteiger partial charge in [0.2, 0.25) is 0 Å². The van der Waals surface area contributed by atoms with Gasteiger partial charge in [-0.2, -0.15) is 0 Å². The average Bonchev–Trinajstić information content (AvgIpc) is 2.70. The van der Waals surface area contributed by atoms with Gasteiger partial charge >= 0.3 is 5.97 Å². The maximum atomic E-state index is 12.5. The fourth-order valence-electron chi connectivity index (χ4n) is 3.55. The Balaban J connectivity index is 2.46. The third-order valence-electron chi connectivity index (χ3n) is 5.29. The van der Waals surface area contributed by atoms with Crippen LogP contribution in [0.25, 0.3) is 0 Å². The third kappa shape index (κ3) is 11.7. The topological polar surface area (TPSA) is 63.6 Å². The van der Waals surface area contributed by atoms with Crippen molar-refractivity contribution < 1.29 is 19.4 Å². The summed E-state index contributed by atoms with van der Waals surface area (Å²) in [6.45, 7) is 4.24. The number of Topliss-reactive ketones (excluding diaryl/α,β-unsaturated/α-hetero) is 1. The molecule has 0 aliphatic heterocycles. The van der Waals surface area contributed by atoms with Crippen LogP contribution in [-0.2, 0) is 9.53 Å². The van der Waals surface area contributed by atoms with Crippen molar-refractivity contribution >= 4 is 11.8 Å². The lowest BCUT2D eigenvalue weighted by atomic mass is 10.0. The minimum absolute atomic E-state index is 0.0441. The molecule has 0 aliphatic rings. The number of benzene rings is 1. The lowest BCUT2D eigenvalue weighted by molar-refractivity contribution is -0.119. The molecule has 0 amide bonds. The van der Waals surface area contributed by atoms with Gasteiger partial charge in [-0.1, -0.05) is 64.5 Å². The molecule has 1 atom stereocenters. The first-order valence-electron chi connectivity index (χ1n) is 11.6. The van der Waals surface area contributed by atoms with Crippen molar-refractivity contribution in [3.8, 4) is 5.75 Å². The molecule has 0 aromatic heterocycles. The molecule has 0 radical (unpaired) electrons. The van der Waals surface area contributed by atoms with Gasteiger partial charge in [-0.3, -0.25) is 4.79 Å². The van der Waals surface area contributed by atoms with Gasteiger partial charge in [0.25, 0.3) is 0 Å². The van der Waals surface area contributed by atoms with Crippen molar-refractivity contribution in [2.75, 3.05) is 0 Å². The summed E-state index contributed by atoms with van der Waals surface area (Å²) in [5, 5.41) is 9.90. The quantitative estimate of drug-likeness (QED) is 0.224. The summed E-state index contributed by atoms with van der Waals surface area (Å²) < 4.78 is 5.73. The number of ether oxygens (including phenoxy) is 1. The number of phenolic OH excluding ortho intramolecular Hbond substituents is 1. The maximum Gasteiger partial charge on any atom is 0.342 e. The fraction of sp³-hybridized carbons (Fsp3) is 0.680. The summed E-state index contributed by atoms with van der Waals surface area (Å²) in [5.41, 5.74) is 0.218. The van der Waals surface area contributed by atoms with Crippen molar-refractivity contribution in [1.82, 2.24) is 0 Å². The molecule has 0 aliphatic carbocycles. The van der Waals surface area contributed by atoms with Crippen LogP contribution in [0.4, 0.5) is 0 Å². The number of rotatable bonds is 17. The van der Waals surface area contributed by atoms with Crippen molar-refractivity contribution in [2.24, 2.45) is 0 Å². The molecular formula is C25H40O4. The second kappa shape index (κ2) is 16.0. The Hall–Kier alpha value is -1.84. The molecule has 4 heteroatoms. The summed E-state index contributed by atoms with van der Waals surface area (Å²) in [6.07, 6.45) is 13.9. The van der Waals surface area contributed by atoms with Crippen molar-refractivity contribution in [2.45, 2.75) is 110 Å². The van der Waals surface area contributed by atoms with Crippen LogP contribution < -0.4 is 0 Å². The molecule has 0 saturated carbocycles. The molecule has 0 saturated heterocycles. The van der Waals surface area contributed by atoms with Gasteiger partial charge in [0.05, 0.1) is 0 Å². The monoisotopic (exact) mass is 404 g/mol. The number of para-hydroxylation sites is 1. The van der Waals surface area contributed by atoms with E-state index >= 15 is 0 Å². The van der Waals surface area contributed by atoms with Crippen LogP contribution in [0.5, 0.6) is 5.75 Å². The van der Waals surface area contributed by atoms with Crippen LogP contribution >= 0.6 is 0 Å². The largest absolute Gasteiger partial charge is 0.507 e. The summed E-state index contributed by atoms with van der Waals surface area (Å²) in [7, 11) is 0. The lowest BCUT2D eigenvalue weighted by Crippen LogP contribution is -2.19. The van der Waals surface area contributed by atoms with Gasteiger partial charge < -0.3 is 9.84 Å². The molecule has 1 aromatic carbocycles. The lowest BCUT2D eigenvalue weighted by Gasteiger charge is -2.18. The van der Waals surface area contributed by atoms with E-state index in [1.165, 1.54) is 38.2 Å². The van der Waals surface area contributed by atoms with Gasteiger partial charge in [-0.15, -0.1) is 0 Å². The third-order valence-corrected chi connectivity index (χ3v) is 5.29. The second-order valence-corrected chi connectivity index (χ2v) is 7.99. The van der Waals surface area contributed by atoms with Gasteiger partial charge in [-0.05, 0) is 50.7 Å². The van der Waals surface area contributed by atoms with Crippen LogP contribution in [0.1, 0.15) is 114 Å². The normalized spacial score (nSPS) is 11.9. The smallest absolute Gasteiger partial charge is 0.342 e. The summed E-state index contributed by atoms with van der Waals surface area (Å²) >= 11 is 0. The molecule has 4 nitrogen and oxygen atoms in total. The van der Waals surface area contributed by atoms with Crippen LogP contribution in [0.15, 0.2) is 24.3 Å². The first kappa shape index (κ1) is 25.2. The van der Waals surface area contributed by atoms with E-state index in [0.717, 1.165) is 44.9 Å². The molecule has 1 rings (SSSR count). The number of esters is 1. The second-order valence-electron chi connectivity index (χ2n) is 7.99. The molecule has 29 heavy (non-hydrogen) atoms. The zero-order chi connectivity index (χ0) is 21.3. The number of carbonyl (C=O) groups excluding carboxylic acids is 2. The van der Waals surface area contributed by atoms with E-state index in [9.17, 15) is 14.7 Å². The first-order valence-corrected chi connectivity index (χ1v) is 11.6. The summed E-state index contributed by atoms with van der Waals surface area (Å²) in [6, 6.07) is 6.50. The minimum atomic E-state index is -0.460. The Morgan fingerprint density at radius 3 is 2.10 bits per heavy atom. The summed E-state index contributed by atoms with van der Waals surface area (Å²) in [4.78, 5) is 24.2. The Morgan fingerprint density at radius 1 is 0.828 bits per heavy atom. The number of unbranched alkanes of at least 4 members (excludes halogenated alkanes) is 7. The molecule has 0 bridgehead atoms. The highest BCUT2D eigenvalue weighted by Gasteiger charge is 2.18. The highest BCUT2D eigenvalue weighted by molar-refractivity contribution is 5.92. The van der Waals surface area contributed by atoms with Crippen molar-refractivity contribution in [1.29, 1.82) is 0 Å². The van der Waals surface area contributed by atoms with E-state index in [2.05, 4.69) is 6.92 Å². The van der Waals surface area contributed by atoms with E-state index in [0.29, 0.717) is 18.6 Å². The van der Waals surface area contributed by atoms with Gasteiger partial charge in [0.15, 0.2) is 0 Å². The number of carbonyl (C=O) groups is 2. The predicted molar refractivity (Wildman–Crippen MR) is 118 cm³/mol. The molecular weight excluding hydrogens is 364 g/mol. The Kier molecular flexibility index (Phi) is 13.9. The molecule has 164 valence electrons. The van der Waals surface area contributed by atoms with E-state index in [4.69, 9.17) is 4.74 Å². The van der Waals surface area contributed by atoms with Gasteiger partial charge in [0, 0.05) is 12.8 Å². The Labute approximate surface area is 177 Å². The van der Waals surface area contributed by atoms with Crippen molar-refractivity contribution in [3.05, 3.63) is 29.8 Å². The zero-order valence-corrected chi connectivity index (χ0v) is 18.5. The number of ketones is 1. The predicted octanol–water partition coefficient (Wildman–Crippen LogP) is 6.99. The summed E-state index contributed by atoms with van der Waals surface area (Å²) in [5.74, 6) is -0.183. The zero-order valence-electron chi connectivity index (χ0n) is 18.5. The minimum Gasteiger partial charge on any atom is -0.507 e. The van der Waals surface area contributed by atoms with E-state index in [1.807, 2.05) is 6.92 Å². The van der Waals surface area contributed by atoms with Crippen LogP contribution in [0.2, 0.25) is 0 Å². The van der Waals surface area contributed by atoms with E-state index in [1.54, 1.807) is 18.2 Å². The number of hydrogen-bond acceptors (Lipinski definition) is 4. The molecule has 1 unspecified atom stereocenters. The molecule has 1 N–H and O–H groups in total.